The normalized spacial score (nSPS) is 15.7. The Hall–Kier alpha value is -3.86. The topological polar surface area (TPSA) is 50.2 Å². The Kier molecular flexibility index (Phi) is 5.23. The van der Waals surface area contributed by atoms with Crippen LogP contribution in [0.2, 0.25) is 0 Å². The second-order valence-corrected chi connectivity index (χ2v) is 7.78. The highest BCUT2D eigenvalue weighted by atomic mass is 16.2. The molecular formula is C26H24N4O. The lowest BCUT2D eigenvalue weighted by Gasteiger charge is -2.17. The van der Waals surface area contributed by atoms with Gasteiger partial charge in [-0.3, -0.25) is 4.79 Å². The van der Waals surface area contributed by atoms with Crippen LogP contribution in [0.15, 0.2) is 97.2 Å². The summed E-state index contributed by atoms with van der Waals surface area (Å²) in [6, 6.07) is 30.2. The van der Waals surface area contributed by atoms with E-state index >= 15 is 0 Å². The van der Waals surface area contributed by atoms with Crippen LogP contribution >= 0.6 is 0 Å². The van der Waals surface area contributed by atoms with E-state index in [1.165, 1.54) is 0 Å². The minimum absolute atomic E-state index is 0.0263. The van der Waals surface area contributed by atoms with E-state index in [0.29, 0.717) is 17.8 Å². The van der Waals surface area contributed by atoms with Crippen molar-refractivity contribution >= 4 is 11.6 Å². The van der Waals surface area contributed by atoms with Crippen molar-refractivity contribution in [3.8, 4) is 16.9 Å². The first kappa shape index (κ1) is 19.1. The predicted molar refractivity (Wildman–Crippen MR) is 123 cm³/mol. The number of amides is 1. The lowest BCUT2D eigenvalue weighted by molar-refractivity contribution is 0.0792. The largest absolute Gasteiger partial charge is 0.380 e. The van der Waals surface area contributed by atoms with Gasteiger partial charge in [-0.1, -0.05) is 66.7 Å². The molecule has 31 heavy (non-hydrogen) atoms. The predicted octanol–water partition coefficient (Wildman–Crippen LogP) is 4.87. The maximum Gasteiger partial charge on any atom is 0.257 e. The summed E-state index contributed by atoms with van der Waals surface area (Å²) in [5.74, 6) is 0.0263. The van der Waals surface area contributed by atoms with Crippen molar-refractivity contribution in [1.82, 2.24) is 14.7 Å². The molecule has 0 aliphatic carbocycles. The Labute approximate surface area is 182 Å². The fourth-order valence-corrected chi connectivity index (χ4v) is 4.06. The van der Waals surface area contributed by atoms with Crippen molar-refractivity contribution in [2.24, 2.45) is 0 Å². The average Bonchev–Trinajstić information content (AvgIpc) is 3.48. The molecule has 4 aromatic rings. The third-order valence-electron chi connectivity index (χ3n) is 5.63. The van der Waals surface area contributed by atoms with Crippen LogP contribution in [0.3, 0.4) is 0 Å². The number of carbonyl (C=O) groups excluding carboxylic acids is 1. The molecule has 1 fully saturated rings. The summed E-state index contributed by atoms with van der Waals surface area (Å²) in [4.78, 5) is 15.5. The first-order valence-corrected chi connectivity index (χ1v) is 10.6. The van der Waals surface area contributed by atoms with E-state index in [1.807, 2.05) is 90.0 Å². The number of carbonyl (C=O) groups is 1. The van der Waals surface area contributed by atoms with E-state index in [2.05, 4.69) is 17.4 Å². The minimum Gasteiger partial charge on any atom is -0.380 e. The lowest BCUT2D eigenvalue weighted by Crippen LogP contribution is -2.31. The highest BCUT2D eigenvalue weighted by Gasteiger charge is 2.30. The standard InChI is InChI=1S/C26H24N4O/c31-26(29-17-16-22(18-29)27-21-12-6-2-7-13-21)24-19-30(23-14-8-3-9-15-23)28-25(24)20-10-4-1-5-11-20/h1-15,19,22,27H,16-18H2. The molecule has 2 heterocycles. The number of nitrogens with zero attached hydrogens (tertiary/aromatic N) is 3. The molecule has 1 aromatic heterocycles. The molecule has 0 spiro atoms. The summed E-state index contributed by atoms with van der Waals surface area (Å²) in [5.41, 5.74) is 4.32. The third-order valence-corrected chi connectivity index (χ3v) is 5.63. The first-order chi connectivity index (χ1) is 15.3. The highest BCUT2D eigenvalue weighted by Crippen LogP contribution is 2.26. The Morgan fingerprint density at radius 1 is 0.871 bits per heavy atom. The quantitative estimate of drug-likeness (QED) is 0.513. The van der Waals surface area contributed by atoms with Crippen LogP contribution in [0.4, 0.5) is 5.69 Å². The molecule has 1 aliphatic rings. The molecule has 0 bridgehead atoms. The van der Waals surface area contributed by atoms with Crippen molar-refractivity contribution in [2.45, 2.75) is 12.5 Å². The van der Waals surface area contributed by atoms with Gasteiger partial charge in [0.15, 0.2) is 0 Å². The van der Waals surface area contributed by atoms with Gasteiger partial charge in [0, 0.05) is 36.6 Å². The van der Waals surface area contributed by atoms with Gasteiger partial charge in [-0.05, 0) is 30.7 Å². The van der Waals surface area contributed by atoms with Gasteiger partial charge in [0.05, 0.1) is 11.3 Å². The van der Waals surface area contributed by atoms with Crippen molar-refractivity contribution in [3.63, 3.8) is 0 Å². The molecule has 1 amide bonds. The van der Waals surface area contributed by atoms with Crippen LogP contribution in [0.25, 0.3) is 16.9 Å². The number of para-hydroxylation sites is 2. The van der Waals surface area contributed by atoms with Crippen molar-refractivity contribution < 1.29 is 4.79 Å². The Bertz CT molecular complexity index is 1160. The van der Waals surface area contributed by atoms with Gasteiger partial charge >= 0.3 is 0 Å². The summed E-state index contributed by atoms with van der Waals surface area (Å²) in [5, 5.41) is 8.32. The molecule has 1 N–H and O–H groups in total. The SMILES string of the molecule is O=C(c1cn(-c2ccccc2)nc1-c1ccccc1)N1CCC(Nc2ccccc2)C1. The van der Waals surface area contributed by atoms with Crippen LogP contribution in [0, 0.1) is 0 Å². The average molecular weight is 409 g/mol. The lowest BCUT2D eigenvalue weighted by atomic mass is 10.1. The van der Waals surface area contributed by atoms with Crippen LogP contribution in [-0.4, -0.2) is 39.7 Å². The second kappa shape index (κ2) is 8.48. The Morgan fingerprint density at radius 2 is 1.52 bits per heavy atom. The van der Waals surface area contributed by atoms with E-state index in [0.717, 1.165) is 29.9 Å². The molecule has 5 rings (SSSR count). The summed E-state index contributed by atoms with van der Waals surface area (Å²) >= 11 is 0. The van der Waals surface area contributed by atoms with Gasteiger partial charge in [-0.2, -0.15) is 5.10 Å². The summed E-state index contributed by atoms with van der Waals surface area (Å²) in [7, 11) is 0. The van der Waals surface area contributed by atoms with Gasteiger partial charge in [0.2, 0.25) is 0 Å². The highest BCUT2D eigenvalue weighted by molar-refractivity contribution is 6.00. The molecule has 0 saturated carbocycles. The van der Waals surface area contributed by atoms with Crippen molar-refractivity contribution in [2.75, 3.05) is 18.4 Å². The number of aromatic nitrogens is 2. The van der Waals surface area contributed by atoms with Gasteiger partial charge in [0.1, 0.15) is 5.69 Å². The second-order valence-electron chi connectivity index (χ2n) is 7.78. The van der Waals surface area contributed by atoms with Gasteiger partial charge in [-0.15, -0.1) is 0 Å². The number of hydrogen-bond donors (Lipinski definition) is 1. The van der Waals surface area contributed by atoms with Crippen LogP contribution in [-0.2, 0) is 0 Å². The third kappa shape index (κ3) is 4.08. The number of anilines is 1. The van der Waals surface area contributed by atoms with Crippen molar-refractivity contribution in [1.29, 1.82) is 0 Å². The number of nitrogens with one attached hydrogen (secondary N) is 1. The summed E-state index contributed by atoms with van der Waals surface area (Å²) in [6.45, 7) is 1.41. The molecule has 1 aliphatic heterocycles. The fourth-order valence-electron chi connectivity index (χ4n) is 4.06. The Morgan fingerprint density at radius 3 is 2.23 bits per heavy atom. The van der Waals surface area contributed by atoms with E-state index in [4.69, 9.17) is 5.10 Å². The smallest absolute Gasteiger partial charge is 0.257 e. The maximum absolute atomic E-state index is 13.5. The molecule has 5 heteroatoms. The van der Waals surface area contributed by atoms with E-state index in [9.17, 15) is 4.79 Å². The summed E-state index contributed by atoms with van der Waals surface area (Å²) in [6.07, 6.45) is 2.78. The zero-order chi connectivity index (χ0) is 21.0. The van der Waals surface area contributed by atoms with E-state index in [-0.39, 0.29) is 11.9 Å². The first-order valence-electron chi connectivity index (χ1n) is 10.6. The van der Waals surface area contributed by atoms with Crippen LogP contribution in [0.1, 0.15) is 16.8 Å². The molecule has 1 unspecified atom stereocenters. The van der Waals surface area contributed by atoms with Crippen LogP contribution < -0.4 is 5.32 Å². The van der Waals surface area contributed by atoms with Crippen molar-refractivity contribution in [3.05, 3.63) is 103 Å². The van der Waals surface area contributed by atoms with Crippen LogP contribution in [0.5, 0.6) is 0 Å². The zero-order valence-corrected chi connectivity index (χ0v) is 17.2. The Balaban J connectivity index is 1.42. The van der Waals surface area contributed by atoms with Gasteiger partial charge in [0.25, 0.3) is 5.91 Å². The molecule has 5 nitrogen and oxygen atoms in total. The van der Waals surface area contributed by atoms with Gasteiger partial charge < -0.3 is 10.2 Å². The number of benzene rings is 3. The van der Waals surface area contributed by atoms with Gasteiger partial charge in [-0.25, -0.2) is 4.68 Å². The van der Waals surface area contributed by atoms with E-state index < -0.39 is 0 Å². The van der Waals surface area contributed by atoms with E-state index in [1.54, 1.807) is 4.68 Å². The monoisotopic (exact) mass is 408 g/mol. The number of hydrogen-bond acceptors (Lipinski definition) is 3. The molecule has 1 saturated heterocycles. The number of rotatable bonds is 5. The fraction of sp³-hybridized carbons (Fsp3) is 0.154. The molecule has 3 aromatic carbocycles. The molecular weight excluding hydrogens is 384 g/mol. The minimum atomic E-state index is 0.0263. The number of likely N-dealkylation sites (tertiary alicyclic amines) is 1. The maximum atomic E-state index is 13.5. The summed E-state index contributed by atoms with van der Waals surface area (Å²) < 4.78 is 1.80. The molecule has 154 valence electrons. The molecule has 0 radical (unpaired) electrons. The molecule has 1 atom stereocenters. The zero-order valence-electron chi connectivity index (χ0n) is 17.2.